The average molecular weight is 789 g/mol. The van der Waals surface area contributed by atoms with Crippen LogP contribution in [0.4, 0.5) is 17.1 Å². The Kier molecular flexibility index (Phi) is 8.53. The molecule has 0 saturated heterocycles. The Bertz CT molecular complexity index is 3560. The van der Waals surface area contributed by atoms with Crippen molar-refractivity contribution in [2.45, 2.75) is 0 Å². The number of hydrogen-bond donors (Lipinski definition) is 0. The predicted octanol–water partition coefficient (Wildman–Crippen LogP) is 16.7. The quantitative estimate of drug-likeness (QED) is 0.156. The van der Waals surface area contributed by atoms with Gasteiger partial charge in [0.2, 0.25) is 0 Å². The van der Waals surface area contributed by atoms with Crippen LogP contribution in [0.2, 0.25) is 0 Å². The molecule has 1 heterocycles. The highest BCUT2D eigenvalue weighted by Gasteiger charge is 2.17. The van der Waals surface area contributed by atoms with E-state index in [9.17, 15) is 0 Å². The third-order valence-electron chi connectivity index (χ3n) is 12.5. The smallest absolute Gasteiger partial charge is 0.0541 e. The van der Waals surface area contributed by atoms with Crippen LogP contribution in [0.3, 0.4) is 0 Å². The van der Waals surface area contributed by atoms with Gasteiger partial charge in [0.05, 0.1) is 11.0 Å². The number of hydrogen-bond acceptors (Lipinski definition) is 1. The van der Waals surface area contributed by atoms with Crippen LogP contribution >= 0.6 is 0 Å². The van der Waals surface area contributed by atoms with Gasteiger partial charge in [0.25, 0.3) is 0 Å². The lowest BCUT2D eigenvalue weighted by Crippen LogP contribution is -2.10. The van der Waals surface area contributed by atoms with Gasteiger partial charge in [-0.15, -0.1) is 0 Å². The Labute approximate surface area is 360 Å². The zero-order chi connectivity index (χ0) is 41.0. The number of aromatic nitrogens is 1. The van der Waals surface area contributed by atoms with E-state index < -0.39 is 0 Å². The first-order valence-electron chi connectivity index (χ1n) is 21.3. The lowest BCUT2D eigenvalue weighted by molar-refractivity contribution is 1.18. The molecular formula is C60H40N2. The van der Waals surface area contributed by atoms with Gasteiger partial charge in [-0.1, -0.05) is 176 Å². The van der Waals surface area contributed by atoms with Crippen molar-refractivity contribution in [3.05, 3.63) is 243 Å². The minimum absolute atomic E-state index is 1.10. The average Bonchev–Trinajstić information content (AvgIpc) is 3.68. The van der Waals surface area contributed by atoms with Gasteiger partial charge in [0.1, 0.15) is 0 Å². The van der Waals surface area contributed by atoms with Gasteiger partial charge in [-0.3, -0.25) is 0 Å². The lowest BCUT2D eigenvalue weighted by atomic mass is 9.91. The van der Waals surface area contributed by atoms with E-state index in [2.05, 4.69) is 252 Å². The number of benzene rings is 11. The van der Waals surface area contributed by atoms with Crippen LogP contribution in [0.25, 0.3) is 93.2 Å². The van der Waals surface area contributed by atoms with E-state index in [0.29, 0.717) is 0 Å². The standard InChI is InChI=1S/C60H40N2/c1-2-13-44(14-3-1)54-20-10-16-46-17-11-21-55(60(46)54)45-30-34-50(35-31-45)61(52-36-28-41-12-4-5-15-47(41)39-52)53-37-29-43-24-25-48(38-49(43)40-53)42-26-32-51(33-27-42)62-58-22-8-6-18-56(58)57-19-7-9-23-59(57)62/h1-40H. The molecule has 0 unspecified atom stereocenters. The molecule has 0 saturated carbocycles. The molecule has 290 valence electrons. The Morgan fingerprint density at radius 3 is 1.44 bits per heavy atom. The zero-order valence-corrected chi connectivity index (χ0v) is 34.0. The molecule has 0 fully saturated rings. The molecule has 0 amide bonds. The predicted molar refractivity (Wildman–Crippen MR) is 264 cm³/mol. The summed E-state index contributed by atoms with van der Waals surface area (Å²) in [5.41, 5.74) is 14.2. The van der Waals surface area contributed by atoms with Gasteiger partial charge >= 0.3 is 0 Å². The summed E-state index contributed by atoms with van der Waals surface area (Å²) in [7, 11) is 0. The van der Waals surface area contributed by atoms with E-state index in [4.69, 9.17) is 0 Å². The third kappa shape index (κ3) is 6.12. The van der Waals surface area contributed by atoms with Gasteiger partial charge in [-0.2, -0.15) is 0 Å². The second-order valence-electron chi connectivity index (χ2n) is 16.2. The molecule has 0 spiro atoms. The molecule has 62 heavy (non-hydrogen) atoms. The van der Waals surface area contributed by atoms with Crippen molar-refractivity contribution in [2.24, 2.45) is 0 Å². The van der Waals surface area contributed by atoms with Crippen LogP contribution in [0.15, 0.2) is 243 Å². The monoisotopic (exact) mass is 788 g/mol. The summed E-state index contributed by atoms with van der Waals surface area (Å²) in [6, 6.07) is 88.5. The molecule has 0 bridgehead atoms. The molecule has 0 radical (unpaired) electrons. The van der Waals surface area contributed by atoms with E-state index in [1.165, 1.54) is 87.5 Å². The molecular weight excluding hydrogens is 749 g/mol. The van der Waals surface area contributed by atoms with Crippen molar-refractivity contribution in [3.63, 3.8) is 0 Å². The SMILES string of the molecule is c1ccc(-c2cccc3cccc(-c4ccc(N(c5ccc6ccccc6c5)c5ccc6ccc(-c7ccc(-n8c9ccccc9c9ccccc98)cc7)cc6c5)cc4)c23)cc1. The van der Waals surface area contributed by atoms with Crippen LogP contribution in [-0.2, 0) is 0 Å². The van der Waals surface area contributed by atoms with Gasteiger partial charge in [0, 0.05) is 33.5 Å². The summed E-state index contributed by atoms with van der Waals surface area (Å²) in [6.07, 6.45) is 0. The number of para-hydroxylation sites is 2. The fraction of sp³-hybridized carbons (Fsp3) is 0. The van der Waals surface area contributed by atoms with Crippen molar-refractivity contribution in [3.8, 4) is 39.1 Å². The highest BCUT2D eigenvalue weighted by molar-refractivity contribution is 6.09. The normalized spacial score (nSPS) is 11.5. The highest BCUT2D eigenvalue weighted by atomic mass is 15.1. The Morgan fingerprint density at radius 2 is 0.758 bits per heavy atom. The Morgan fingerprint density at radius 1 is 0.274 bits per heavy atom. The third-order valence-corrected chi connectivity index (χ3v) is 12.5. The Hall–Kier alpha value is -8.20. The maximum atomic E-state index is 2.39. The van der Waals surface area contributed by atoms with E-state index >= 15 is 0 Å². The summed E-state index contributed by atoms with van der Waals surface area (Å²) < 4.78 is 2.37. The fourth-order valence-electron chi connectivity index (χ4n) is 9.55. The van der Waals surface area contributed by atoms with Crippen molar-refractivity contribution < 1.29 is 0 Å². The molecule has 0 atom stereocenters. The maximum absolute atomic E-state index is 2.39. The number of fused-ring (bicyclic) bond motifs is 6. The van der Waals surface area contributed by atoms with Crippen molar-refractivity contribution in [2.75, 3.05) is 4.90 Å². The second kappa shape index (κ2) is 14.8. The van der Waals surface area contributed by atoms with E-state index in [0.717, 1.165) is 22.7 Å². The minimum atomic E-state index is 1.10. The second-order valence-corrected chi connectivity index (χ2v) is 16.2. The molecule has 2 nitrogen and oxygen atoms in total. The summed E-state index contributed by atoms with van der Waals surface area (Å²) in [4.78, 5) is 2.39. The first kappa shape index (κ1) is 35.7. The Balaban J connectivity index is 0.939. The molecule has 0 N–H and O–H groups in total. The summed E-state index contributed by atoms with van der Waals surface area (Å²) in [5, 5.41) is 9.89. The van der Waals surface area contributed by atoms with Gasteiger partial charge < -0.3 is 9.47 Å². The molecule has 0 aliphatic carbocycles. The van der Waals surface area contributed by atoms with Crippen molar-refractivity contribution in [1.29, 1.82) is 0 Å². The van der Waals surface area contributed by atoms with E-state index in [-0.39, 0.29) is 0 Å². The van der Waals surface area contributed by atoms with Crippen LogP contribution < -0.4 is 4.90 Å². The number of nitrogens with zero attached hydrogens (tertiary/aromatic N) is 2. The summed E-state index contributed by atoms with van der Waals surface area (Å²) in [6.45, 7) is 0. The molecule has 0 aliphatic heterocycles. The maximum Gasteiger partial charge on any atom is 0.0541 e. The largest absolute Gasteiger partial charge is 0.310 e. The van der Waals surface area contributed by atoms with E-state index in [1.807, 2.05) is 0 Å². The van der Waals surface area contributed by atoms with Crippen LogP contribution in [0, 0.1) is 0 Å². The molecule has 11 aromatic carbocycles. The lowest BCUT2D eigenvalue weighted by Gasteiger charge is -2.26. The first-order valence-corrected chi connectivity index (χ1v) is 21.3. The zero-order valence-electron chi connectivity index (χ0n) is 34.0. The highest BCUT2D eigenvalue weighted by Crippen LogP contribution is 2.41. The van der Waals surface area contributed by atoms with Crippen molar-refractivity contribution >= 4 is 71.2 Å². The van der Waals surface area contributed by atoms with Crippen LogP contribution in [-0.4, -0.2) is 4.57 Å². The molecule has 1 aromatic heterocycles. The topological polar surface area (TPSA) is 8.17 Å². The van der Waals surface area contributed by atoms with Gasteiger partial charge in [-0.05, 0) is 132 Å². The molecule has 12 rings (SSSR count). The summed E-state index contributed by atoms with van der Waals surface area (Å²) in [5.74, 6) is 0. The number of rotatable bonds is 7. The van der Waals surface area contributed by atoms with Crippen LogP contribution in [0.1, 0.15) is 0 Å². The van der Waals surface area contributed by atoms with Gasteiger partial charge in [0.15, 0.2) is 0 Å². The molecule has 2 heteroatoms. The van der Waals surface area contributed by atoms with Crippen LogP contribution in [0.5, 0.6) is 0 Å². The van der Waals surface area contributed by atoms with Gasteiger partial charge in [-0.25, -0.2) is 0 Å². The van der Waals surface area contributed by atoms with E-state index in [1.54, 1.807) is 0 Å². The first-order chi connectivity index (χ1) is 30.7. The minimum Gasteiger partial charge on any atom is -0.310 e. The molecule has 12 aromatic rings. The number of anilines is 3. The fourth-order valence-corrected chi connectivity index (χ4v) is 9.55. The van der Waals surface area contributed by atoms with Crippen molar-refractivity contribution in [1.82, 2.24) is 4.57 Å². The summed E-state index contributed by atoms with van der Waals surface area (Å²) >= 11 is 0. The molecule has 0 aliphatic rings.